The molecule has 3 heterocycles. The van der Waals surface area contributed by atoms with E-state index < -0.39 is 5.60 Å². The average molecular weight is 343 g/mol. The Morgan fingerprint density at radius 2 is 2.04 bits per heavy atom. The number of carbonyl (C=O) groups is 1. The molecule has 128 valence electrons. The van der Waals surface area contributed by atoms with Crippen LogP contribution in [0.3, 0.4) is 0 Å². The molecule has 1 N–H and O–H groups in total. The van der Waals surface area contributed by atoms with Gasteiger partial charge in [0.15, 0.2) is 5.60 Å². The first-order valence-corrected chi connectivity index (χ1v) is 8.66. The van der Waals surface area contributed by atoms with Crippen molar-refractivity contribution in [2.24, 2.45) is 4.99 Å². The SMILES string of the molecule is Cc1ccc2c(c1)C(=O)C1(O)CCN(c3ccc4cccnc4c3)C1=N2. The Kier molecular flexibility index (Phi) is 3.06. The fraction of sp³-hybridized carbons (Fsp3) is 0.190. The molecule has 1 unspecified atom stereocenters. The molecule has 1 saturated heterocycles. The zero-order valence-corrected chi connectivity index (χ0v) is 14.3. The van der Waals surface area contributed by atoms with Gasteiger partial charge in [0.05, 0.1) is 11.2 Å². The fourth-order valence-electron chi connectivity index (χ4n) is 3.82. The van der Waals surface area contributed by atoms with E-state index in [1.54, 1.807) is 12.3 Å². The Bertz CT molecular complexity index is 1110. The number of pyridine rings is 1. The zero-order chi connectivity index (χ0) is 17.9. The van der Waals surface area contributed by atoms with E-state index in [9.17, 15) is 9.90 Å². The number of hydrogen-bond acceptors (Lipinski definition) is 5. The van der Waals surface area contributed by atoms with E-state index in [0.29, 0.717) is 30.1 Å². The second kappa shape index (κ2) is 5.22. The van der Waals surface area contributed by atoms with Crippen LogP contribution in [0.2, 0.25) is 0 Å². The number of carbonyl (C=O) groups excluding carboxylic acids is 1. The number of benzene rings is 2. The Morgan fingerprint density at radius 3 is 2.92 bits per heavy atom. The van der Waals surface area contributed by atoms with Gasteiger partial charge in [-0.15, -0.1) is 0 Å². The summed E-state index contributed by atoms with van der Waals surface area (Å²) in [6.07, 6.45) is 2.09. The van der Waals surface area contributed by atoms with E-state index in [-0.39, 0.29) is 5.78 Å². The normalized spacial score (nSPS) is 21.5. The summed E-state index contributed by atoms with van der Waals surface area (Å²) in [6.45, 7) is 2.46. The number of ketones is 1. The van der Waals surface area contributed by atoms with Gasteiger partial charge in [0.2, 0.25) is 5.78 Å². The van der Waals surface area contributed by atoms with Gasteiger partial charge in [-0.1, -0.05) is 23.8 Å². The van der Waals surface area contributed by atoms with E-state index >= 15 is 0 Å². The summed E-state index contributed by atoms with van der Waals surface area (Å²) < 4.78 is 0. The van der Waals surface area contributed by atoms with E-state index in [0.717, 1.165) is 22.2 Å². The number of fused-ring (bicyclic) bond motifs is 3. The smallest absolute Gasteiger partial charge is 0.204 e. The maximum Gasteiger partial charge on any atom is 0.204 e. The summed E-state index contributed by atoms with van der Waals surface area (Å²) in [5, 5.41) is 12.2. The highest BCUT2D eigenvalue weighted by Gasteiger charge is 2.52. The van der Waals surface area contributed by atoms with Crippen molar-refractivity contribution in [2.75, 3.05) is 11.4 Å². The molecule has 5 heteroatoms. The van der Waals surface area contributed by atoms with Crippen LogP contribution >= 0.6 is 0 Å². The Balaban J connectivity index is 1.66. The van der Waals surface area contributed by atoms with Crippen LogP contribution < -0.4 is 4.90 Å². The van der Waals surface area contributed by atoms with E-state index in [1.807, 2.05) is 54.3 Å². The molecule has 0 aliphatic carbocycles. The van der Waals surface area contributed by atoms with Gasteiger partial charge in [0, 0.05) is 35.8 Å². The quantitative estimate of drug-likeness (QED) is 0.735. The fourth-order valence-corrected chi connectivity index (χ4v) is 3.82. The predicted octanol–water partition coefficient (Wildman–Crippen LogP) is 3.41. The van der Waals surface area contributed by atoms with E-state index in [1.165, 1.54) is 0 Å². The summed E-state index contributed by atoms with van der Waals surface area (Å²) in [7, 11) is 0. The summed E-state index contributed by atoms with van der Waals surface area (Å²) in [6, 6.07) is 15.4. The van der Waals surface area contributed by atoms with Crippen LogP contribution in [-0.4, -0.2) is 33.9 Å². The van der Waals surface area contributed by atoms with Crippen molar-refractivity contribution in [2.45, 2.75) is 18.9 Å². The number of aliphatic hydroxyl groups is 1. The lowest BCUT2D eigenvalue weighted by Crippen LogP contribution is -2.48. The molecule has 0 amide bonds. The van der Waals surface area contributed by atoms with Crippen molar-refractivity contribution in [3.8, 4) is 0 Å². The molecule has 26 heavy (non-hydrogen) atoms. The first-order valence-electron chi connectivity index (χ1n) is 8.66. The van der Waals surface area contributed by atoms with Crippen LogP contribution in [0.15, 0.2) is 59.7 Å². The number of aliphatic imine (C=N–C) groups is 1. The highest BCUT2D eigenvalue weighted by molar-refractivity contribution is 6.28. The molecule has 2 aliphatic rings. The van der Waals surface area contributed by atoms with Gasteiger partial charge in [-0.25, -0.2) is 4.99 Å². The molecular weight excluding hydrogens is 326 g/mol. The lowest BCUT2D eigenvalue weighted by atomic mass is 9.87. The predicted molar refractivity (Wildman–Crippen MR) is 101 cm³/mol. The second-order valence-electron chi connectivity index (χ2n) is 6.93. The van der Waals surface area contributed by atoms with Gasteiger partial charge < -0.3 is 10.0 Å². The Labute approximate surface area is 150 Å². The first kappa shape index (κ1) is 15.2. The number of aromatic nitrogens is 1. The van der Waals surface area contributed by atoms with E-state index in [4.69, 9.17) is 0 Å². The maximum absolute atomic E-state index is 13.0. The van der Waals surface area contributed by atoms with Crippen molar-refractivity contribution < 1.29 is 9.90 Å². The third-order valence-corrected chi connectivity index (χ3v) is 5.22. The summed E-state index contributed by atoms with van der Waals surface area (Å²) >= 11 is 0. The van der Waals surface area contributed by atoms with Gasteiger partial charge in [-0.05, 0) is 37.3 Å². The largest absolute Gasteiger partial charge is 0.374 e. The minimum Gasteiger partial charge on any atom is -0.374 e. The zero-order valence-electron chi connectivity index (χ0n) is 14.3. The van der Waals surface area contributed by atoms with Crippen LogP contribution in [0.5, 0.6) is 0 Å². The molecule has 5 rings (SSSR count). The molecule has 5 nitrogen and oxygen atoms in total. The van der Waals surface area contributed by atoms with E-state index in [2.05, 4.69) is 9.98 Å². The second-order valence-corrected chi connectivity index (χ2v) is 6.93. The number of Topliss-reactive ketones (excluding diaryl/α,β-unsaturated/α-hetero) is 1. The third-order valence-electron chi connectivity index (χ3n) is 5.22. The summed E-state index contributed by atoms with van der Waals surface area (Å²) in [5.74, 6) is 0.150. The molecule has 0 spiro atoms. The summed E-state index contributed by atoms with van der Waals surface area (Å²) in [4.78, 5) is 24.0. The maximum atomic E-state index is 13.0. The minimum atomic E-state index is -1.56. The molecular formula is C21H17N3O2. The molecule has 3 aromatic rings. The standard InChI is InChI=1S/C21H17N3O2/c1-13-4-7-17-16(11-13)19(25)21(26)8-10-24(20(21)23-17)15-6-5-14-3-2-9-22-18(14)12-15/h2-7,9,11-12,26H,8,10H2,1H3. The number of nitrogens with zero attached hydrogens (tertiary/aromatic N) is 3. The van der Waals surface area contributed by atoms with Gasteiger partial charge in [0.1, 0.15) is 5.84 Å². The molecule has 1 aromatic heterocycles. The molecule has 1 fully saturated rings. The third kappa shape index (κ3) is 2.04. The van der Waals surface area contributed by atoms with Crippen molar-refractivity contribution in [3.63, 3.8) is 0 Å². The average Bonchev–Trinajstić information content (AvgIpc) is 3.00. The summed E-state index contributed by atoms with van der Waals surface area (Å²) in [5.41, 5.74) is 2.30. The van der Waals surface area contributed by atoms with Crippen LogP contribution in [0.1, 0.15) is 22.3 Å². The number of amidine groups is 1. The molecule has 0 radical (unpaired) electrons. The molecule has 1 atom stereocenters. The number of anilines is 1. The van der Waals surface area contributed by atoms with Gasteiger partial charge in [-0.3, -0.25) is 9.78 Å². The highest BCUT2D eigenvalue weighted by atomic mass is 16.3. The van der Waals surface area contributed by atoms with Crippen molar-refractivity contribution in [1.29, 1.82) is 0 Å². The van der Waals surface area contributed by atoms with Crippen LogP contribution in [0.4, 0.5) is 11.4 Å². The number of rotatable bonds is 1. The monoisotopic (exact) mass is 343 g/mol. The van der Waals surface area contributed by atoms with Crippen LogP contribution in [0, 0.1) is 6.92 Å². The Morgan fingerprint density at radius 1 is 1.15 bits per heavy atom. The Hall–Kier alpha value is -3.05. The van der Waals surface area contributed by atoms with Crippen LogP contribution in [-0.2, 0) is 0 Å². The highest BCUT2D eigenvalue weighted by Crippen LogP contribution is 2.40. The molecule has 2 aliphatic heterocycles. The number of hydrogen-bond donors (Lipinski definition) is 1. The minimum absolute atomic E-state index is 0.261. The van der Waals surface area contributed by atoms with Crippen LogP contribution in [0.25, 0.3) is 10.9 Å². The van der Waals surface area contributed by atoms with Gasteiger partial charge in [0.25, 0.3) is 0 Å². The van der Waals surface area contributed by atoms with Crippen molar-refractivity contribution >= 4 is 33.9 Å². The topological polar surface area (TPSA) is 65.8 Å². The van der Waals surface area contributed by atoms with Gasteiger partial charge >= 0.3 is 0 Å². The molecule has 2 aromatic carbocycles. The van der Waals surface area contributed by atoms with Crippen molar-refractivity contribution in [1.82, 2.24) is 4.98 Å². The first-order chi connectivity index (χ1) is 12.6. The number of aryl methyl sites for hydroxylation is 1. The van der Waals surface area contributed by atoms with Gasteiger partial charge in [-0.2, -0.15) is 0 Å². The molecule has 0 bridgehead atoms. The van der Waals surface area contributed by atoms with Crippen molar-refractivity contribution in [3.05, 3.63) is 65.9 Å². The lowest BCUT2D eigenvalue weighted by Gasteiger charge is -2.29. The lowest BCUT2D eigenvalue weighted by molar-refractivity contribution is 0.0602. The molecule has 0 saturated carbocycles.